The summed E-state index contributed by atoms with van der Waals surface area (Å²) < 4.78 is 7.24. The SMILES string of the molecule is C=CCNC(=NCc1nnc(C)n1C)NCc1cc(C(C)C)no1. The van der Waals surface area contributed by atoms with Crippen LogP contribution in [0.1, 0.15) is 42.9 Å². The average Bonchev–Trinajstić information content (AvgIpc) is 3.16. The summed E-state index contributed by atoms with van der Waals surface area (Å²) in [5.41, 5.74) is 0.943. The monoisotopic (exact) mass is 331 g/mol. The smallest absolute Gasteiger partial charge is 0.192 e. The van der Waals surface area contributed by atoms with Gasteiger partial charge in [0.25, 0.3) is 0 Å². The molecule has 130 valence electrons. The van der Waals surface area contributed by atoms with Gasteiger partial charge < -0.3 is 19.7 Å². The molecule has 0 saturated carbocycles. The van der Waals surface area contributed by atoms with Gasteiger partial charge in [-0.1, -0.05) is 25.1 Å². The maximum absolute atomic E-state index is 5.32. The van der Waals surface area contributed by atoms with E-state index in [1.165, 1.54) is 0 Å². The Bertz CT molecular complexity index is 699. The second kappa shape index (κ2) is 8.28. The molecule has 2 heterocycles. The number of hydrogen-bond donors (Lipinski definition) is 2. The molecular formula is C16H25N7O. The van der Waals surface area contributed by atoms with Crippen molar-refractivity contribution in [3.8, 4) is 0 Å². The quantitative estimate of drug-likeness (QED) is 0.455. The standard InChI is InChI=1S/C16H25N7O/c1-6-7-17-16(19-10-15-21-20-12(4)23(15)5)18-9-13-8-14(11(2)3)22-24-13/h6,8,11H,1,7,9-10H2,2-5H3,(H2,17,18,19). The van der Waals surface area contributed by atoms with Crippen molar-refractivity contribution in [1.82, 2.24) is 30.6 Å². The Morgan fingerprint density at radius 3 is 2.79 bits per heavy atom. The first kappa shape index (κ1) is 17.7. The predicted molar refractivity (Wildman–Crippen MR) is 92.5 cm³/mol. The summed E-state index contributed by atoms with van der Waals surface area (Å²) in [7, 11) is 1.92. The van der Waals surface area contributed by atoms with Crippen LogP contribution in [0.2, 0.25) is 0 Å². The molecule has 0 aliphatic carbocycles. The maximum Gasteiger partial charge on any atom is 0.192 e. The molecular weight excluding hydrogens is 306 g/mol. The van der Waals surface area contributed by atoms with Gasteiger partial charge in [0.1, 0.15) is 12.4 Å². The number of rotatable bonds is 7. The fourth-order valence-electron chi connectivity index (χ4n) is 1.94. The second-order valence-electron chi connectivity index (χ2n) is 5.78. The number of aromatic nitrogens is 4. The first-order valence-electron chi connectivity index (χ1n) is 7.94. The number of guanidine groups is 1. The second-order valence-corrected chi connectivity index (χ2v) is 5.78. The van der Waals surface area contributed by atoms with Gasteiger partial charge in [-0.15, -0.1) is 16.8 Å². The Hall–Kier alpha value is -2.64. The van der Waals surface area contributed by atoms with Crippen LogP contribution in [-0.4, -0.2) is 32.4 Å². The molecule has 0 saturated heterocycles. The van der Waals surface area contributed by atoms with Crippen molar-refractivity contribution in [2.24, 2.45) is 12.0 Å². The Morgan fingerprint density at radius 2 is 2.21 bits per heavy atom. The van der Waals surface area contributed by atoms with E-state index in [1.807, 2.05) is 24.6 Å². The van der Waals surface area contributed by atoms with Crippen LogP contribution in [0.15, 0.2) is 28.2 Å². The van der Waals surface area contributed by atoms with Gasteiger partial charge >= 0.3 is 0 Å². The number of nitrogens with zero attached hydrogens (tertiary/aromatic N) is 5. The minimum Gasteiger partial charge on any atom is -0.359 e. The van der Waals surface area contributed by atoms with E-state index in [2.05, 4.69) is 51.4 Å². The Labute approximate surface area is 142 Å². The van der Waals surface area contributed by atoms with Crippen LogP contribution in [0.5, 0.6) is 0 Å². The van der Waals surface area contributed by atoms with Crippen molar-refractivity contribution >= 4 is 5.96 Å². The summed E-state index contributed by atoms with van der Waals surface area (Å²) in [6.45, 7) is 11.3. The highest BCUT2D eigenvalue weighted by Crippen LogP contribution is 2.13. The normalized spacial score (nSPS) is 11.8. The van der Waals surface area contributed by atoms with Crippen LogP contribution >= 0.6 is 0 Å². The van der Waals surface area contributed by atoms with Gasteiger partial charge in [-0.3, -0.25) is 0 Å². The lowest BCUT2D eigenvalue weighted by Gasteiger charge is -2.09. The maximum atomic E-state index is 5.32. The predicted octanol–water partition coefficient (Wildman–Crippen LogP) is 1.66. The molecule has 0 fully saturated rings. The molecule has 2 N–H and O–H groups in total. The Morgan fingerprint density at radius 1 is 1.42 bits per heavy atom. The summed E-state index contributed by atoms with van der Waals surface area (Å²) in [6, 6.07) is 1.95. The summed E-state index contributed by atoms with van der Waals surface area (Å²) in [5, 5.41) is 18.6. The number of aryl methyl sites for hydroxylation is 1. The summed E-state index contributed by atoms with van der Waals surface area (Å²) >= 11 is 0. The zero-order valence-electron chi connectivity index (χ0n) is 14.7. The average molecular weight is 331 g/mol. The van der Waals surface area contributed by atoms with Gasteiger partial charge in [0.2, 0.25) is 0 Å². The molecule has 0 spiro atoms. The molecule has 0 amide bonds. The van der Waals surface area contributed by atoms with Gasteiger partial charge in [-0.25, -0.2) is 4.99 Å². The van der Waals surface area contributed by atoms with Crippen molar-refractivity contribution in [3.05, 3.63) is 41.8 Å². The highest BCUT2D eigenvalue weighted by molar-refractivity contribution is 5.79. The van der Waals surface area contributed by atoms with Gasteiger partial charge in [0, 0.05) is 19.7 Å². The van der Waals surface area contributed by atoms with Crippen LogP contribution in [0.3, 0.4) is 0 Å². The topological polar surface area (TPSA) is 93.2 Å². The van der Waals surface area contributed by atoms with E-state index in [0.29, 0.717) is 31.5 Å². The largest absolute Gasteiger partial charge is 0.359 e. The molecule has 0 aliphatic rings. The van der Waals surface area contributed by atoms with E-state index in [1.54, 1.807) is 6.08 Å². The first-order valence-corrected chi connectivity index (χ1v) is 7.94. The molecule has 24 heavy (non-hydrogen) atoms. The zero-order chi connectivity index (χ0) is 17.5. The van der Waals surface area contributed by atoms with Crippen LogP contribution in [-0.2, 0) is 20.1 Å². The molecule has 8 nitrogen and oxygen atoms in total. The van der Waals surface area contributed by atoms with Crippen LogP contribution < -0.4 is 10.6 Å². The zero-order valence-corrected chi connectivity index (χ0v) is 14.7. The molecule has 0 bridgehead atoms. The third-order valence-electron chi connectivity index (χ3n) is 3.57. The number of hydrogen-bond acceptors (Lipinski definition) is 5. The van der Waals surface area contributed by atoms with Gasteiger partial charge in [0.05, 0.1) is 12.2 Å². The summed E-state index contributed by atoms with van der Waals surface area (Å²) in [4.78, 5) is 4.52. The van der Waals surface area contributed by atoms with E-state index >= 15 is 0 Å². The van der Waals surface area contributed by atoms with E-state index in [-0.39, 0.29) is 0 Å². The number of aliphatic imine (C=N–C) groups is 1. The highest BCUT2D eigenvalue weighted by atomic mass is 16.5. The van der Waals surface area contributed by atoms with E-state index in [0.717, 1.165) is 23.1 Å². The lowest BCUT2D eigenvalue weighted by molar-refractivity contribution is 0.372. The minimum absolute atomic E-state index is 0.341. The van der Waals surface area contributed by atoms with E-state index in [4.69, 9.17) is 4.52 Å². The van der Waals surface area contributed by atoms with Gasteiger partial charge in [0.15, 0.2) is 17.5 Å². The molecule has 2 rings (SSSR count). The third-order valence-corrected chi connectivity index (χ3v) is 3.57. The Balaban J connectivity index is 1.99. The summed E-state index contributed by atoms with van der Waals surface area (Å²) in [5.74, 6) is 3.42. The fourth-order valence-corrected chi connectivity index (χ4v) is 1.94. The van der Waals surface area contributed by atoms with Crippen LogP contribution in [0.25, 0.3) is 0 Å². The Kier molecular flexibility index (Phi) is 6.11. The highest BCUT2D eigenvalue weighted by Gasteiger charge is 2.09. The lowest BCUT2D eigenvalue weighted by Crippen LogP contribution is -2.37. The van der Waals surface area contributed by atoms with Crippen molar-refractivity contribution < 1.29 is 4.52 Å². The number of nitrogens with one attached hydrogen (secondary N) is 2. The van der Waals surface area contributed by atoms with Crippen molar-refractivity contribution in [2.45, 2.75) is 39.8 Å². The van der Waals surface area contributed by atoms with E-state index < -0.39 is 0 Å². The molecule has 0 radical (unpaired) electrons. The van der Waals surface area contributed by atoms with E-state index in [9.17, 15) is 0 Å². The van der Waals surface area contributed by atoms with Crippen LogP contribution in [0, 0.1) is 6.92 Å². The fraction of sp³-hybridized carbons (Fsp3) is 0.500. The molecule has 0 aliphatic heterocycles. The molecule has 0 aromatic carbocycles. The molecule has 0 atom stereocenters. The summed E-state index contributed by atoms with van der Waals surface area (Å²) in [6.07, 6.45) is 1.77. The van der Waals surface area contributed by atoms with Crippen LogP contribution in [0.4, 0.5) is 0 Å². The molecule has 8 heteroatoms. The van der Waals surface area contributed by atoms with Gasteiger partial charge in [-0.05, 0) is 12.8 Å². The molecule has 2 aromatic rings. The van der Waals surface area contributed by atoms with Gasteiger partial charge in [-0.2, -0.15) is 0 Å². The third kappa shape index (κ3) is 4.68. The molecule has 0 unspecified atom stereocenters. The molecule has 2 aromatic heterocycles. The van der Waals surface area contributed by atoms with Crippen molar-refractivity contribution in [3.63, 3.8) is 0 Å². The lowest BCUT2D eigenvalue weighted by atomic mass is 10.1. The van der Waals surface area contributed by atoms with Crippen molar-refractivity contribution in [2.75, 3.05) is 6.54 Å². The van der Waals surface area contributed by atoms with Crippen molar-refractivity contribution in [1.29, 1.82) is 0 Å². The first-order chi connectivity index (χ1) is 11.5. The minimum atomic E-state index is 0.341.